The number of hydrogen-bond acceptors (Lipinski definition) is 4. The van der Waals surface area contributed by atoms with Crippen molar-refractivity contribution in [2.75, 3.05) is 23.4 Å². The minimum atomic E-state index is -0.558. The molecule has 2 amide bonds. The van der Waals surface area contributed by atoms with Crippen molar-refractivity contribution in [3.63, 3.8) is 0 Å². The number of fused-ring (bicyclic) bond motifs is 1. The second kappa shape index (κ2) is 6.39. The summed E-state index contributed by atoms with van der Waals surface area (Å²) in [6.45, 7) is 0.442. The van der Waals surface area contributed by atoms with Crippen molar-refractivity contribution < 1.29 is 14.3 Å². The average Bonchev–Trinajstić information content (AvgIpc) is 2.56. The highest BCUT2D eigenvalue weighted by Gasteiger charge is 2.26. The van der Waals surface area contributed by atoms with Crippen molar-refractivity contribution in [1.29, 1.82) is 0 Å². The zero-order valence-electron chi connectivity index (χ0n) is 12.5. The molecule has 3 N–H and O–H groups in total. The van der Waals surface area contributed by atoms with Gasteiger partial charge < -0.3 is 15.8 Å². The summed E-state index contributed by atoms with van der Waals surface area (Å²) in [6.07, 6.45) is 0. The second-order valence-corrected chi connectivity index (χ2v) is 5.26. The molecule has 0 radical (unpaired) electrons. The molecule has 0 bridgehead atoms. The maximum Gasteiger partial charge on any atom is 0.265 e. The van der Waals surface area contributed by atoms with E-state index in [2.05, 4.69) is 5.32 Å². The van der Waals surface area contributed by atoms with E-state index in [4.69, 9.17) is 10.5 Å². The Balaban J connectivity index is 1.76. The molecule has 3 rings (SSSR count). The first-order valence-electron chi connectivity index (χ1n) is 7.27. The molecule has 6 nitrogen and oxygen atoms in total. The fraction of sp³-hybridized carbons (Fsp3) is 0.176. The van der Waals surface area contributed by atoms with Crippen LogP contribution in [0.25, 0.3) is 0 Å². The highest BCUT2D eigenvalue weighted by Crippen LogP contribution is 2.34. The number of carbonyl (C=O) groups is 2. The standard InChI is InChI=1S/C17H17N3O3/c18-16(21)10-20-14-7-6-13(8-15(14)23-11-17(20)22)19-9-12-4-2-1-3-5-12/h1-8,19H,9-11H2,(H2,18,21). The van der Waals surface area contributed by atoms with E-state index in [0.717, 1.165) is 11.3 Å². The summed E-state index contributed by atoms with van der Waals surface area (Å²) >= 11 is 0. The number of carbonyl (C=O) groups excluding carboxylic acids is 2. The first kappa shape index (κ1) is 14.9. The maximum absolute atomic E-state index is 11.9. The van der Waals surface area contributed by atoms with Crippen LogP contribution in [0.3, 0.4) is 0 Å². The number of ether oxygens (including phenoxy) is 1. The third kappa shape index (κ3) is 3.42. The van der Waals surface area contributed by atoms with E-state index in [1.54, 1.807) is 6.07 Å². The fourth-order valence-corrected chi connectivity index (χ4v) is 2.44. The van der Waals surface area contributed by atoms with E-state index in [-0.39, 0.29) is 19.1 Å². The molecule has 0 unspecified atom stereocenters. The zero-order chi connectivity index (χ0) is 16.2. The first-order valence-corrected chi connectivity index (χ1v) is 7.27. The maximum atomic E-state index is 11.9. The van der Waals surface area contributed by atoms with Crippen LogP contribution in [0.1, 0.15) is 5.56 Å². The lowest BCUT2D eigenvalue weighted by Crippen LogP contribution is -2.43. The minimum Gasteiger partial charge on any atom is -0.481 e. The van der Waals surface area contributed by atoms with Gasteiger partial charge in [-0.1, -0.05) is 30.3 Å². The van der Waals surface area contributed by atoms with E-state index < -0.39 is 5.91 Å². The zero-order valence-corrected chi connectivity index (χ0v) is 12.5. The van der Waals surface area contributed by atoms with Crippen LogP contribution >= 0.6 is 0 Å². The second-order valence-electron chi connectivity index (χ2n) is 5.26. The Morgan fingerprint density at radius 3 is 2.74 bits per heavy atom. The lowest BCUT2D eigenvalue weighted by molar-refractivity contribution is -0.124. The SMILES string of the molecule is NC(=O)CN1C(=O)COc2cc(NCc3ccccc3)ccc21. The van der Waals surface area contributed by atoms with Gasteiger partial charge in [0.15, 0.2) is 6.61 Å². The number of nitrogens with zero attached hydrogens (tertiary/aromatic N) is 1. The van der Waals surface area contributed by atoms with Crippen molar-refractivity contribution in [1.82, 2.24) is 0 Å². The molecule has 23 heavy (non-hydrogen) atoms. The van der Waals surface area contributed by atoms with Crippen LogP contribution in [0.15, 0.2) is 48.5 Å². The Morgan fingerprint density at radius 2 is 2.00 bits per heavy atom. The monoisotopic (exact) mass is 311 g/mol. The van der Waals surface area contributed by atoms with Crippen LogP contribution in [0.2, 0.25) is 0 Å². The normalized spacial score (nSPS) is 13.2. The van der Waals surface area contributed by atoms with Crippen LogP contribution < -0.4 is 20.7 Å². The molecule has 2 aromatic carbocycles. The smallest absolute Gasteiger partial charge is 0.265 e. The van der Waals surface area contributed by atoms with Crippen molar-refractivity contribution in [3.8, 4) is 5.75 Å². The predicted octanol–water partition coefficient (Wildman–Crippen LogP) is 1.51. The van der Waals surface area contributed by atoms with Gasteiger partial charge in [0.25, 0.3) is 5.91 Å². The highest BCUT2D eigenvalue weighted by molar-refractivity contribution is 6.02. The third-order valence-corrected chi connectivity index (χ3v) is 3.56. The molecule has 1 aliphatic heterocycles. The quantitative estimate of drug-likeness (QED) is 0.876. The van der Waals surface area contributed by atoms with E-state index in [9.17, 15) is 9.59 Å². The van der Waals surface area contributed by atoms with Gasteiger partial charge in [-0.05, 0) is 17.7 Å². The number of primary amides is 1. The van der Waals surface area contributed by atoms with Crippen molar-refractivity contribution in [2.24, 2.45) is 5.73 Å². The van der Waals surface area contributed by atoms with Gasteiger partial charge in [-0.2, -0.15) is 0 Å². The number of anilines is 2. The number of amides is 2. The van der Waals surface area contributed by atoms with E-state index in [0.29, 0.717) is 18.0 Å². The van der Waals surface area contributed by atoms with E-state index in [1.807, 2.05) is 42.5 Å². The Bertz CT molecular complexity index is 731. The third-order valence-electron chi connectivity index (χ3n) is 3.56. The van der Waals surface area contributed by atoms with Gasteiger partial charge in [-0.15, -0.1) is 0 Å². The fourth-order valence-electron chi connectivity index (χ4n) is 2.44. The van der Waals surface area contributed by atoms with Gasteiger partial charge in [0.2, 0.25) is 5.91 Å². The Hall–Kier alpha value is -3.02. The van der Waals surface area contributed by atoms with Crippen molar-refractivity contribution in [3.05, 3.63) is 54.1 Å². The lowest BCUT2D eigenvalue weighted by Gasteiger charge is -2.28. The van der Waals surface area contributed by atoms with Crippen LogP contribution in [0.4, 0.5) is 11.4 Å². The molecule has 1 aliphatic rings. The first-order chi connectivity index (χ1) is 11.1. The van der Waals surface area contributed by atoms with Gasteiger partial charge in [0.05, 0.1) is 5.69 Å². The molecule has 0 aliphatic carbocycles. The Morgan fingerprint density at radius 1 is 1.22 bits per heavy atom. The van der Waals surface area contributed by atoms with Gasteiger partial charge in [0.1, 0.15) is 12.3 Å². The van der Waals surface area contributed by atoms with Crippen LogP contribution in [0, 0.1) is 0 Å². The molecule has 0 saturated carbocycles. The summed E-state index contributed by atoms with van der Waals surface area (Å²) in [6, 6.07) is 15.4. The van der Waals surface area contributed by atoms with Gasteiger partial charge >= 0.3 is 0 Å². The van der Waals surface area contributed by atoms with Gasteiger partial charge in [0, 0.05) is 18.3 Å². The summed E-state index contributed by atoms with van der Waals surface area (Å²) < 4.78 is 5.46. The Labute approximate surface area is 133 Å². The van der Waals surface area contributed by atoms with Gasteiger partial charge in [-0.25, -0.2) is 0 Å². The van der Waals surface area contributed by atoms with E-state index in [1.165, 1.54) is 4.90 Å². The molecule has 0 fully saturated rings. The Kier molecular flexibility index (Phi) is 4.14. The minimum absolute atomic E-state index is 0.0948. The molecular weight excluding hydrogens is 294 g/mol. The molecule has 2 aromatic rings. The summed E-state index contributed by atoms with van der Waals surface area (Å²) in [5.41, 5.74) is 7.80. The van der Waals surface area contributed by atoms with Gasteiger partial charge in [-0.3, -0.25) is 14.5 Å². The van der Waals surface area contributed by atoms with Crippen LogP contribution in [0.5, 0.6) is 5.75 Å². The average molecular weight is 311 g/mol. The summed E-state index contributed by atoms with van der Waals surface area (Å²) in [7, 11) is 0. The predicted molar refractivity (Wildman–Crippen MR) is 87.3 cm³/mol. The molecule has 0 aromatic heterocycles. The number of benzene rings is 2. The van der Waals surface area contributed by atoms with Crippen molar-refractivity contribution >= 4 is 23.2 Å². The van der Waals surface area contributed by atoms with Crippen LogP contribution in [-0.2, 0) is 16.1 Å². The number of hydrogen-bond donors (Lipinski definition) is 2. The van der Waals surface area contributed by atoms with Crippen molar-refractivity contribution in [2.45, 2.75) is 6.54 Å². The summed E-state index contributed by atoms with van der Waals surface area (Å²) in [4.78, 5) is 24.3. The van der Waals surface area contributed by atoms with Crippen LogP contribution in [-0.4, -0.2) is 25.0 Å². The number of nitrogens with one attached hydrogen (secondary N) is 1. The molecule has 0 atom stereocenters. The lowest BCUT2D eigenvalue weighted by atomic mass is 10.2. The molecule has 0 saturated heterocycles. The highest BCUT2D eigenvalue weighted by atomic mass is 16.5. The number of nitrogens with two attached hydrogens (primary N) is 1. The molecule has 118 valence electrons. The molecule has 0 spiro atoms. The van der Waals surface area contributed by atoms with E-state index >= 15 is 0 Å². The largest absolute Gasteiger partial charge is 0.481 e. The topological polar surface area (TPSA) is 84.7 Å². The summed E-state index contributed by atoms with van der Waals surface area (Å²) in [5.74, 6) is -0.275. The molecule has 1 heterocycles. The number of rotatable bonds is 5. The molecular formula is C17H17N3O3. The molecule has 6 heteroatoms. The summed E-state index contributed by atoms with van der Waals surface area (Å²) in [5, 5.41) is 3.30.